The third-order valence-electron chi connectivity index (χ3n) is 2.46. The van der Waals surface area contributed by atoms with Gasteiger partial charge in [0.2, 0.25) is 0 Å². The van der Waals surface area contributed by atoms with Crippen molar-refractivity contribution in [3.05, 3.63) is 29.8 Å². The van der Waals surface area contributed by atoms with Crippen LogP contribution in [0, 0.1) is 0 Å². The quantitative estimate of drug-likeness (QED) is 0.344. The second-order valence-electron chi connectivity index (χ2n) is 3.93. The van der Waals surface area contributed by atoms with Crippen LogP contribution in [0.4, 0.5) is 0 Å². The predicted octanol–water partition coefficient (Wildman–Crippen LogP) is 3.49. The fraction of sp³-hybridized carbons (Fsp3) is 0.462. The summed E-state index contributed by atoms with van der Waals surface area (Å²) < 4.78 is 27.9. The average molecular weight is 301 g/mol. The number of hydrogen-bond donors (Lipinski definition) is 1. The highest BCUT2D eigenvalue weighted by Crippen LogP contribution is 2.47. The molecule has 1 aromatic rings. The van der Waals surface area contributed by atoms with Crippen LogP contribution in [-0.2, 0) is 13.6 Å². The van der Waals surface area contributed by atoms with E-state index in [1.165, 1.54) is 0 Å². The van der Waals surface area contributed by atoms with Gasteiger partial charge in [-0.3, -0.25) is 4.57 Å². The number of oxime groups is 1. The largest absolute Gasteiger partial charge is 0.481 e. The predicted molar refractivity (Wildman–Crippen MR) is 76.8 cm³/mol. The Morgan fingerprint density at radius 3 is 2.20 bits per heavy atom. The Hall–Kier alpha value is -1.36. The molecule has 0 bridgehead atoms. The van der Waals surface area contributed by atoms with Crippen LogP contribution in [0.2, 0.25) is 0 Å². The zero-order valence-corrected chi connectivity index (χ0v) is 12.8. The molecule has 0 spiro atoms. The summed E-state index contributed by atoms with van der Waals surface area (Å²) in [7, 11) is -3.21. The summed E-state index contributed by atoms with van der Waals surface area (Å²) in [5.41, 5.74) is 1.28. The van der Waals surface area contributed by atoms with E-state index in [2.05, 4.69) is 5.16 Å². The Balaban J connectivity index is 2.67. The van der Waals surface area contributed by atoms with Gasteiger partial charge in [-0.05, 0) is 50.6 Å². The van der Waals surface area contributed by atoms with Gasteiger partial charge < -0.3 is 19.0 Å². The lowest BCUT2D eigenvalue weighted by molar-refractivity contribution is 0.197. The molecule has 0 aliphatic rings. The minimum absolute atomic E-state index is 0.138. The Labute approximate surface area is 118 Å². The summed E-state index contributed by atoms with van der Waals surface area (Å²) >= 11 is 0. The molecule has 20 heavy (non-hydrogen) atoms. The molecule has 0 saturated carbocycles. The van der Waals surface area contributed by atoms with Gasteiger partial charge in [-0.2, -0.15) is 0 Å². The van der Waals surface area contributed by atoms with Gasteiger partial charge in [0.05, 0.1) is 18.9 Å². The summed E-state index contributed by atoms with van der Waals surface area (Å²) in [5, 5.41) is 11.8. The minimum atomic E-state index is -3.21. The second kappa shape index (κ2) is 8.04. The van der Waals surface area contributed by atoms with E-state index < -0.39 is 7.60 Å². The molecule has 0 aromatic heterocycles. The third-order valence-corrected chi connectivity index (χ3v) is 4.21. The van der Waals surface area contributed by atoms with Crippen LogP contribution >= 0.6 is 7.60 Å². The molecule has 0 saturated heterocycles. The summed E-state index contributed by atoms with van der Waals surface area (Å²) in [4.78, 5) is 0. The highest BCUT2D eigenvalue weighted by Gasteiger charge is 2.24. The van der Waals surface area contributed by atoms with Gasteiger partial charge >= 0.3 is 7.60 Å². The molecule has 0 aliphatic heterocycles. The van der Waals surface area contributed by atoms with E-state index in [9.17, 15) is 4.57 Å². The first-order valence-corrected chi connectivity index (χ1v) is 8.07. The smallest absolute Gasteiger partial charge is 0.367 e. The van der Waals surface area contributed by atoms with Crippen LogP contribution in [0.15, 0.2) is 29.4 Å². The Morgan fingerprint density at radius 2 is 1.75 bits per heavy atom. The summed E-state index contributed by atoms with van der Waals surface area (Å²) in [6.45, 7) is 5.78. The molecule has 0 fully saturated rings. The van der Waals surface area contributed by atoms with E-state index in [4.69, 9.17) is 19.0 Å². The Kier molecular flexibility index (Phi) is 6.71. The number of ether oxygens (including phenoxy) is 1. The van der Waals surface area contributed by atoms with Crippen molar-refractivity contribution in [3.8, 4) is 5.75 Å². The summed E-state index contributed by atoms with van der Waals surface area (Å²) in [6, 6.07) is 6.89. The lowest BCUT2D eigenvalue weighted by Gasteiger charge is -2.17. The van der Waals surface area contributed by atoms with Gasteiger partial charge in [0.1, 0.15) is 5.75 Å². The molecule has 0 atom stereocenters. The normalized spacial score (nSPS) is 12.4. The first-order valence-electron chi connectivity index (χ1n) is 6.34. The first kappa shape index (κ1) is 16.7. The number of benzene rings is 1. The molecule has 0 aliphatic carbocycles. The van der Waals surface area contributed by atoms with Crippen molar-refractivity contribution >= 4 is 13.3 Å². The van der Waals surface area contributed by atoms with Gasteiger partial charge in [0, 0.05) is 0 Å². The number of nitrogens with zero attached hydrogens (tertiary/aromatic N) is 1. The molecule has 0 unspecified atom stereocenters. The van der Waals surface area contributed by atoms with Crippen LogP contribution in [0.3, 0.4) is 0 Å². The van der Waals surface area contributed by atoms with Crippen LogP contribution in [0.25, 0.3) is 0 Å². The van der Waals surface area contributed by atoms with Gasteiger partial charge in [0.25, 0.3) is 0 Å². The van der Waals surface area contributed by atoms with Crippen molar-refractivity contribution in [1.29, 1.82) is 0 Å². The highest BCUT2D eigenvalue weighted by atomic mass is 31.2. The lowest BCUT2D eigenvalue weighted by atomic mass is 10.1. The minimum Gasteiger partial charge on any atom is -0.481 e. The van der Waals surface area contributed by atoms with Crippen LogP contribution in [0.5, 0.6) is 5.75 Å². The van der Waals surface area contributed by atoms with Crippen molar-refractivity contribution in [3.63, 3.8) is 0 Å². The molecule has 1 aromatic carbocycles. The van der Waals surface area contributed by atoms with Gasteiger partial charge in [-0.15, -0.1) is 0 Å². The van der Waals surface area contributed by atoms with E-state index >= 15 is 0 Å². The van der Waals surface area contributed by atoms with Crippen LogP contribution < -0.4 is 4.74 Å². The SMILES string of the molecule is CCOP(=O)(COc1ccc(/C(C)=N\O)cc1)OCC. The fourth-order valence-corrected chi connectivity index (χ4v) is 2.83. The molecular weight excluding hydrogens is 281 g/mol. The maximum absolute atomic E-state index is 12.2. The zero-order valence-electron chi connectivity index (χ0n) is 11.9. The average Bonchev–Trinajstić information content (AvgIpc) is 2.45. The van der Waals surface area contributed by atoms with E-state index in [0.717, 1.165) is 5.56 Å². The molecule has 0 radical (unpaired) electrons. The molecule has 7 heteroatoms. The van der Waals surface area contributed by atoms with Crippen molar-refractivity contribution in [2.75, 3.05) is 19.6 Å². The number of hydrogen-bond acceptors (Lipinski definition) is 6. The molecule has 0 heterocycles. The molecule has 1 N–H and O–H groups in total. The third kappa shape index (κ3) is 4.96. The topological polar surface area (TPSA) is 77.4 Å². The van der Waals surface area contributed by atoms with E-state index in [-0.39, 0.29) is 6.35 Å². The Morgan fingerprint density at radius 1 is 1.20 bits per heavy atom. The maximum atomic E-state index is 12.2. The number of rotatable bonds is 8. The highest BCUT2D eigenvalue weighted by molar-refractivity contribution is 7.53. The fourth-order valence-electron chi connectivity index (χ4n) is 1.51. The second-order valence-corrected chi connectivity index (χ2v) is 5.93. The van der Waals surface area contributed by atoms with E-state index in [1.807, 2.05) is 0 Å². The monoisotopic (exact) mass is 301 g/mol. The molecular formula is C13H20NO5P. The lowest BCUT2D eigenvalue weighted by Crippen LogP contribution is -2.05. The van der Waals surface area contributed by atoms with E-state index in [1.54, 1.807) is 45.0 Å². The van der Waals surface area contributed by atoms with Gasteiger partial charge in [-0.1, -0.05) is 5.16 Å². The van der Waals surface area contributed by atoms with Gasteiger partial charge in [0.15, 0.2) is 6.35 Å². The Bertz CT molecular complexity index is 476. The molecule has 0 amide bonds. The molecule has 6 nitrogen and oxygen atoms in total. The maximum Gasteiger partial charge on any atom is 0.367 e. The van der Waals surface area contributed by atoms with Crippen molar-refractivity contribution in [1.82, 2.24) is 0 Å². The standard InChI is InChI=1S/C13H20NO5P/c1-4-18-20(16,19-5-2)10-17-13-8-6-12(7-9-13)11(3)14-15/h6-9,15H,4-5,10H2,1-3H3/b14-11-. The van der Waals surface area contributed by atoms with Crippen molar-refractivity contribution in [2.24, 2.45) is 5.16 Å². The molecule has 112 valence electrons. The van der Waals surface area contributed by atoms with Crippen LogP contribution in [0.1, 0.15) is 26.3 Å². The van der Waals surface area contributed by atoms with Gasteiger partial charge in [-0.25, -0.2) is 0 Å². The molecule has 1 rings (SSSR count). The van der Waals surface area contributed by atoms with Crippen LogP contribution in [-0.4, -0.2) is 30.5 Å². The summed E-state index contributed by atoms with van der Waals surface area (Å²) in [6.07, 6.45) is -0.138. The zero-order chi connectivity index (χ0) is 15.0. The van der Waals surface area contributed by atoms with Crippen molar-refractivity contribution in [2.45, 2.75) is 20.8 Å². The van der Waals surface area contributed by atoms with Crippen molar-refractivity contribution < 1.29 is 23.6 Å². The summed E-state index contributed by atoms with van der Waals surface area (Å²) in [5.74, 6) is 0.541. The van der Waals surface area contributed by atoms with E-state index in [0.29, 0.717) is 24.7 Å². The first-order chi connectivity index (χ1) is 9.54.